The molecule has 2 N–H and O–H groups in total. The summed E-state index contributed by atoms with van der Waals surface area (Å²) in [6.45, 7) is 10.8. The van der Waals surface area contributed by atoms with Crippen LogP contribution in [-0.2, 0) is 15.4 Å². The molecule has 3 aromatic carbocycles. The smallest absolute Gasteiger partial charge is 0.261 e. The highest BCUT2D eigenvalue weighted by atomic mass is 32.2. The zero-order valence-corrected chi connectivity index (χ0v) is 21.1. The predicted octanol–water partition coefficient (Wildman–Crippen LogP) is 5.21. The molecule has 7 heteroatoms. The zero-order valence-electron chi connectivity index (χ0n) is 20.3. The van der Waals surface area contributed by atoms with Crippen molar-refractivity contribution in [1.82, 2.24) is 5.32 Å². The number of amides is 1. The Morgan fingerprint density at radius 1 is 0.912 bits per heavy atom. The van der Waals surface area contributed by atoms with Crippen molar-refractivity contribution in [3.63, 3.8) is 0 Å². The number of anilines is 1. The third-order valence-corrected chi connectivity index (χ3v) is 6.82. The molecule has 0 aromatic heterocycles. The second-order valence-electron chi connectivity index (χ2n) is 9.33. The van der Waals surface area contributed by atoms with Crippen LogP contribution >= 0.6 is 0 Å². The molecule has 0 heterocycles. The van der Waals surface area contributed by atoms with Gasteiger partial charge in [-0.2, -0.15) is 0 Å². The fourth-order valence-electron chi connectivity index (χ4n) is 3.33. The van der Waals surface area contributed by atoms with Gasteiger partial charge in [-0.1, -0.05) is 50.6 Å². The Hall–Kier alpha value is -3.32. The van der Waals surface area contributed by atoms with Crippen LogP contribution in [0.3, 0.4) is 0 Å². The van der Waals surface area contributed by atoms with E-state index in [2.05, 4.69) is 30.8 Å². The van der Waals surface area contributed by atoms with Crippen molar-refractivity contribution >= 4 is 21.6 Å². The third kappa shape index (κ3) is 6.60. The maximum Gasteiger partial charge on any atom is 0.261 e. The van der Waals surface area contributed by atoms with E-state index in [1.54, 1.807) is 49.4 Å². The molecule has 0 atom stereocenters. The van der Waals surface area contributed by atoms with Gasteiger partial charge in [-0.05, 0) is 72.9 Å². The second-order valence-corrected chi connectivity index (χ2v) is 11.0. The molecule has 0 radical (unpaired) electrons. The van der Waals surface area contributed by atoms with Crippen molar-refractivity contribution in [3.8, 4) is 5.75 Å². The minimum absolute atomic E-state index is 0.0839. The maximum absolute atomic E-state index is 12.6. The van der Waals surface area contributed by atoms with Crippen LogP contribution in [0, 0.1) is 13.8 Å². The van der Waals surface area contributed by atoms with Gasteiger partial charge in [0, 0.05) is 5.56 Å². The van der Waals surface area contributed by atoms with E-state index >= 15 is 0 Å². The molecule has 34 heavy (non-hydrogen) atoms. The number of hydrogen-bond donors (Lipinski definition) is 2. The fraction of sp³-hybridized carbons (Fsp3) is 0.296. The zero-order chi connectivity index (χ0) is 24.9. The molecule has 0 spiro atoms. The van der Waals surface area contributed by atoms with E-state index < -0.39 is 10.0 Å². The lowest BCUT2D eigenvalue weighted by molar-refractivity contribution is 0.0947. The lowest BCUT2D eigenvalue weighted by atomic mass is 9.87. The molecule has 180 valence electrons. The summed E-state index contributed by atoms with van der Waals surface area (Å²) in [4.78, 5) is 12.7. The Kier molecular flexibility index (Phi) is 7.67. The Morgan fingerprint density at radius 2 is 1.56 bits per heavy atom. The number of rotatable bonds is 8. The first-order valence-electron chi connectivity index (χ1n) is 11.2. The van der Waals surface area contributed by atoms with Crippen LogP contribution in [0.4, 0.5) is 5.69 Å². The lowest BCUT2D eigenvalue weighted by Crippen LogP contribution is -2.28. The summed E-state index contributed by atoms with van der Waals surface area (Å²) in [5, 5.41) is 2.83. The van der Waals surface area contributed by atoms with E-state index in [9.17, 15) is 13.2 Å². The first kappa shape index (κ1) is 25.3. The minimum Gasteiger partial charge on any atom is -0.492 e. The molecule has 1 amide bonds. The Labute approximate surface area is 202 Å². The average molecular weight is 481 g/mol. The van der Waals surface area contributed by atoms with Crippen LogP contribution in [0.5, 0.6) is 5.75 Å². The van der Waals surface area contributed by atoms with Gasteiger partial charge in [0.15, 0.2) is 0 Å². The van der Waals surface area contributed by atoms with E-state index in [4.69, 9.17) is 4.74 Å². The van der Waals surface area contributed by atoms with E-state index in [1.165, 1.54) is 5.56 Å². The molecular weight excluding hydrogens is 448 g/mol. The normalized spacial score (nSPS) is 11.7. The Morgan fingerprint density at radius 3 is 2.15 bits per heavy atom. The molecule has 0 saturated carbocycles. The standard InChI is InChI=1S/C27H32N2O4S/c1-19-6-13-24(14-7-19)34(31,32)29-25-15-8-21(18-20(25)2)26(30)28-16-17-33-23-11-9-22(10-12-23)27(3,4)5/h6-15,18,29H,16-17H2,1-5H3,(H,28,30). The van der Waals surface area contributed by atoms with Gasteiger partial charge in [-0.3, -0.25) is 9.52 Å². The number of carbonyl (C=O) groups excluding carboxylic acids is 1. The van der Waals surface area contributed by atoms with Crippen molar-refractivity contribution in [2.45, 2.75) is 44.9 Å². The number of sulfonamides is 1. The Bertz CT molecular complexity index is 1240. The molecule has 6 nitrogen and oxygen atoms in total. The second kappa shape index (κ2) is 10.3. The van der Waals surface area contributed by atoms with Crippen LogP contribution in [0.1, 0.15) is 47.8 Å². The van der Waals surface area contributed by atoms with Gasteiger partial charge in [-0.15, -0.1) is 0 Å². The van der Waals surface area contributed by atoms with Gasteiger partial charge in [0.05, 0.1) is 17.1 Å². The topological polar surface area (TPSA) is 84.5 Å². The summed E-state index contributed by atoms with van der Waals surface area (Å²) in [6.07, 6.45) is 0. The van der Waals surface area contributed by atoms with E-state index in [1.807, 2.05) is 31.2 Å². The van der Waals surface area contributed by atoms with E-state index in [-0.39, 0.29) is 16.2 Å². The summed E-state index contributed by atoms with van der Waals surface area (Å²) in [5.74, 6) is 0.506. The molecule has 3 rings (SSSR count). The quantitative estimate of drug-likeness (QED) is 0.434. The molecule has 0 fully saturated rings. The van der Waals surface area contributed by atoms with Gasteiger partial charge >= 0.3 is 0 Å². The number of aryl methyl sites for hydroxylation is 2. The lowest BCUT2D eigenvalue weighted by Gasteiger charge is -2.19. The van der Waals surface area contributed by atoms with Gasteiger partial charge in [0.2, 0.25) is 0 Å². The SMILES string of the molecule is Cc1ccc(S(=O)(=O)Nc2ccc(C(=O)NCCOc3ccc(C(C)(C)C)cc3)cc2C)cc1. The molecule has 0 unspecified atom stereocenters. The number of hydrogen-bond acceptors (Lipinski definition) is 4. The highest BCUT2D eigenvalue weighted by molar-refractivity contribution is 7.92. The Balaban J connectivity index is 1.54. The van der Waals surface area contributed by atoms with Crippen molar-refractivity contribution in [1.29, 1.82) is 0 Å². The molecule has 0 saturated heterocycles. The molecule has 0 aliphatic rings. The minimum atomic E-state index is -3.71. The van der Waals surface area contributed by atoms with Gasteiger partial charge in [-0.25, -0.2) is 8.42 Å². The summed E-state index contributed by atoms with van der Waals surface area (Å²) in [5.41, 5.74) is 3.83. The van der Waals surface area contributed by atoms with Crippen LogP contribution in [0.15, 0.2) is 71.6 Å². The number of nitrogens with one attached hydrogen (secondary N) is 2. The highest BCUT2D eigenvalue weighted by Crippen LogP contribution is 2.24. The molecular formula is C27H32N2O4S. The number of carbonyl (C=O) groups is 1. The van der Waals surface area contributed by atoms with Gasteiger partial charge in [0.25, 0.3) is 15.9 Å². The van der Waals surface area contributed by atoms with Crippen LogP contribution in [-0.4, -0.2) is 27.5 Å². The summed E-state index contributed by atoms with van der Waals surface area (Å²) in [6, 6.07) is 19.4. The highest BCUT2D eigenvalue weighted by Gasteiger charge is 2.16. The predicted molar refractivity (Wildman–Crippen MR) is 136 cm³/mol. The largest absolute Gasteiger partial charge is 0.492 e. The first-order valence-corrected chi connectivity index (χ1v) is 12.7. The van der Waals surface area contributed by atoms with Crippen molar-refractivity contribution in [2.24, 2.45) is 0 Å². The summed E-state index contributed by atoms with van der Waals surface area (Å²) in [7, 11) is -3.71. The molecule has 0 aliphatic carbocycles. The van der Waals surface area contributed by atoms with E-state index in [0.29, 0.717) is 30.0 Å². The monoisotopic (exact) mass is 480 g/mol. The summed E-state index contributed by atoms with van der Waals surface area (Å²) < 4.78 is 33.6. The third-order valence-electron chi connectivity index (χ3n) is 5.44. The maximum atomic E-state index is 12.6. The fourth-order valence-corrected chi connectivity index (χ4v) is 4.46. The van der Waals surface area contributed by atoms with Gasteiger partial charge < -0.3 is 10.1 Å². The van der Waals surface area contributed by atoms with E-state index in [0.717, 1.165) is 11.3 Å². The average Bonchev–Trinajstić information content (AvgIpc) is 2.78. The van der Waals surface area contributed by atoms with Crippen LogP contribution in [0.25, 0.3) is 0 Å². The van der Waals surface area contributed by atoms with Crippen molar-refractivity contribution < 1.29 is 17.9 Å². The van der Waals surface area contributed by atoms with Crippen molar-refractivity contribution in [2.75, 3.05) is 17.9 Å². The molecule has 3 aromatic rings. The number of ether oxygens (including phenoxy) is 1. The molecule has 0 bridgehead atoms. The van der Waals surface area contributed by atoms with Crippen LogP contribution in [0.2, 0.25) is 0 Å². The number of benzene rings is 3. The van der Waals surface area contributed by atoms with Crippen molar-refractivity contribution in [3.05, 3.63) is 89.0 Å². The molecule has 0 aliphatic heterocycles. The van der Waals surface area contributed by atoms with Gasteiger partial charge in [0.1, 0.15) is 12.4 Å². The summed E-state index contributed by atoms with van der Waals surface area (Å²) >= 11 is 0. The first-order chi connectivity index (χ1) is 16.0. The van der Waals surface area contributed by atoms with Crippen LogP contribution < -0.4 is 14.8 Å².